The summed E-state index contributed by atoms with van der Waals surface area (Å²) in [4.78, 5) is 0. The molecule has 1 heterocycles. The molecule has 0 radical (unpaired) electrons. The number of ether oxygens (including phenoxy) is 1. The first-order valence-corrected chi connectivity index (χ1v) is 3.35. The number of nitrogens with two attached hydrogens (primary N) is 1. The molecule has 0 saturated carbocycles. The van der Waals surface area contributed by atoms with E-state index in [1.165, 1.54) is 0 Å². The number of hydrogen-bond donors (Lipinski definition) is 2. The van der Waals surface area contributed by atoms with Crippen molar-refractivity contribution in [2.45, 2.75) is 31.6 Å². The minimum absolute atomic E-state index is 0.00579. The lowest BCUT2D eigenvalue weighted by Crippen LogP contribution is -2.35. The third-order valence-corrected chi connectivity index (χ3v) is 1.59. The first kappa shape index (κ1) is 6.99. The zero-order valence-corrected chi connectivity index (χ0v) is 5.42. The molecule has 2 unspecified atom stereocenters. The molecule has 1 aliphatic heterocycles. The minimum Gasteiger partial charge on any atom is -0.394 e. The van der Waals surface area contributed by atoms with Gasteiger partial charge < -0.3 is 15.6 Å². The Morgan fingerprint density at radius 3 is 2.78 bits per heavy atom. The van der Waals surface area contributed by atoms with Crippen LogP contribution in [-0.2, 0) is 4.74 Å². The van der Waals surface area contributed by atoms with Crippen molar-refractivity contribution < 1.29 is 9.84 Å². The molecule has 1 saturated heterocycles. The number of aliphatic hydroxyl groups is 1. The monoisotopic (exact) mass is 131 g/mol. The van der Waals surface area contributed by atoms with Crippen molar-refractivity contribution in [3.8, 4) is 0 Å². The summed E-state index contributed by atoms with van der Waals surface area (Å²) in [5, 5.41) is 8.63. The van der Waals surface area contributed by atoms with Gasteiger partial charge in [-0.3, -0.25) is 0 Å². The zero-order chi connectivity index (χ0) is 6.69. The average Bonchev–Trinajstić information content (AvgIpc) is 1.88. The van der Waals surface area contributed by atoms with Crippen LogP contribution < -0.4 is 5.73 Å². The Kier molecular flexibility index (Phi) is 2.45. The van der Waals surface area contributed by atoms with Gasteiger partial charge in [0.15, 0.2) is 0 Å². The van der Waals surface area contributed by atoms with Crippen molar-refractivity contribution in [3.63, 3.8) is 0 Å². The number of aliphatic hydroxyl groups excluding tert-OH is 1. The molecule has 0 amide bonds. The molecule has 9 heavy (non-hydrogen) atoms. The molecule has 3 nitrogen and oxygen atoms in total. The molecule has 54 valence electrons. The molecular formula is C6H13NO2. The van der Waals surface area contributed by atoms with Gasteiger partial charge in [-0.1, -0.05) is 0 Å². The van der Waals surface area contributed by atoms with Gasteiger partial charge in [-0.05, 0) is 19.3 Å². The summed E-state index contributed by atoms with van der Waals surface area (Å²) < 4.78 is 5.16. The smallest absolute Gasteiger partial charge is 0.106 e. The van der Waals surface area contributed by atoms with Crippen LogP contribution in [0.4, 0.5) is 0 Å². The van der Waals surface area contributed by atoms with Crippen LogP contribution in [-0.4, -0.2) is 24.0 Å². The summed E-state index contributed by atoms with van der Waals surface area (Å²) >= 11 is 0. The van der Waals surface area contributed by atoms with E-state index in [4.69, 9.17) is 15.6 Å². The van der Waals surface area contributed by atoms with E-state index >= 15 is 0 Å². The second-order valence-corrected chi connectivity index (χ2v) is 2.41. The molecule has 1 aliphatic rings. The maximum absolute atomic E-state index is 8.63. The first-order valence-electron chi connectivity index (χ1n) is 3.35. The van der Waals surface area contributed by atoms with E-state index in [0.717, 1.165) is 19.3 Å². The third-order valence-electron chi connectivity index (χ3n) is 1.59. The second kappa shape index (κ2) is 3.15. The quantitative estimate of drug-likeness (QED) is 0.519. The average molecular weight is 131 g/mol. The van der Waals surface area contributed by atoms with Gasteiger partial charge in [-0.2, -0.15) is 0 Å². The molecule has 0 spiro atoms. The van der Waals surface area contributed by atoms with Gasteiger partial charge in [-0.15, -0.1) is 0 Å². The topological polar surface area (TPSA) is 55.5 Å². The van der Waals surface area contributed by atoms with Gasteiger partial charge in [0, 0.05) is 0 Å². The molecule has 0 aromatic rings. The summed E-state index contributed by atoms with van der Waals surface area (Å²) in [5.74, 6) is 0. The van der Waals surface area contributed by atoms with Crippen LogP contribution in [0.25, 0.3) is 0 Å². The Balaban J connectivity index is 2.23. The summed E-state index contributed by atoms with van der Waals surface area (Å²) in [6, 6.07) is 0. The van der Waals surface area contributed by atoms with Crippen LogP contribution in [0.2, 0.25) is 0 Å². The van der Waals surface area contributed by atoms with Crippen molar-refractivity contribution in [1.82, 2.24) is 0 Å². The van der Waals surface area contributed by atoms with E-state index < -0.39 is 0 Å². The van der Waals surface area contributed by atoms with Crippen LogP contribution in [0.5, 0.6) is 0 Å². The summed E-state index contributed by atoms with van der Waals surface area (Å²) in [5.41, 5.74) is 5.47. The van der Waals surface area contributed by atoms with Crippen LogP contribution in [0.3, 0.4) is 0 Å². The SMILES string of the molecule is NC1CCCC(CO)O1. The third kappa shape index (κ3) is 1.93. The summed E-state index contributed by atoms with van der Waals surface area (Å²) in [6.45, 7) is 0.105. The van der Waals surface area contributed by atoms with E-state index in [1.54, 1.807) is 0 Å². The fourth-order valence-corrected chi connectivity index (χ4v) is 1.06. The summed E-state index contributed by atoms with van der Waals surface area (Å²) in [7, 11) is 0. The van der Waals surface area contributed by atoms with Crippen molar-refractivity contribution >= 4 is 0 Å². The van der Waals surface area contributed by atoms with Crippen LogP contribution in [0.1, 0.15) is 19.3 Å². The predicted octanol–water partition coefficient (Wildman–Crippen LogP) is -0.167. The molecule has 0 aromatic carbocycles. The highest BCUT2D eigenvalue weighted by molar-refractivity contribution is 4.65. The van der Waals surface area contributed by atoms with Gasteiger partial charge in [-0.25, -0.2) is 0 Å². The Bertz CT molecular complexity index is 87.1. The lowest BCUT2D eigenvalue weighted by molar-refractivity contribution is -0.0686. The van der Waals surface area contributed by atoms with Gasteiger partial charge in [0.1, 0.15) is 6.23 Å². The lowest BCUT2D eigenvalue weighted by Gasteiger charge is -2.25. The largest absolute Gasteiger partial charge is 0.394 e. The van der Waals surface area contributed by atoms with E-state index in [1.807, 2.05) is 0 Å². The van der Waals surface area contributed by atoms with Crippen molar-refractivity contribution in [1.29, 1.82) is 0 Å². The maximum Gasteiger partial charge on any atom is 0.106 e. The molecular weight excluding hydrogens is 118 g/mol. The fourth-order valence-electron chi connectivity index (χ4n) is 1.06. The maximum atomic E-state index is 8.63. The summed E-state index contributed by atoms with van der Waals surface area (Å²) in [6.07, 6.45) is 2.80. The van der Waals surface area contributed by atoms with Crippen molar-refractivity contribution in [3.05, 3.63) is 0 Å². The van der Waals surface area contributed by atoms with E-state index in [0.29, 0.717) is 0 Å². The van der Waals surface area contributed by atoms with Crippen LogP contribution in [0.15, 0.2) is 0 Å². The lowest BCUT2D eigenvalue weighted by atomic mass is 10.1. The van der Waals surface area contributed by atoms with Gasteiger partial charge in [0.25, 0.3) is 0 Å². The molecule has 1 fully saturated rings. The Labute approximate surface area is 54.8 Å². The fraction of sp³-hybridized carbons (Fsp3) is 1.00. The number of rotatable bonds is 1. The van der Waals surface area contributed by atoms with Crippen LogP contribution in [0, 0.1) is 0 Å². The van der Waals surface area contributed by atoms with E-state index in [2.05, 4.69) is 0 Å². The Morgan fingerprint density at radius 1 is 1.56 bits per heavy atom. The minimum atomic E-state index is -0.143. The zero-order valence-electron chi connectivity index (χ0n) is 5.42. The van der Waals surface area contributed by atoms with Gasteiger partial charge in [0.05, 0.1) is 12.7 Å². The number of hydrogen-bond acceptors (Lipinski definition) is 3. The van der Waals surface area contributed by atoms with Gasteiger partial charge in [0.2, 0.25) is 0 Å². The molecule has 3 N–H and O–H groups in total. The first-order chi connectivity index (χ1) is 4.33. The van der Waals surface area contributed by atoms with E-state index in [9.17, 15) is 0 Å². The molecule has 0 aliphatic carbocycles. The van der Waals surface area contributed by atoms with E-state index in [-0.39, 0.29) is 18.9 Å². The standard InChI is InChI=1S/C6H13NO2/c7-6-3-1-2-5(4-8)9-6/h5-6,8H,1-4,7H2. The highest BCUT2D eigenvalue weighted by Gasteiger charge is 2.17. The van der Waals surface area contributed by atoms with Crippen LogP contribution >= 0.6 is 0 Å². The molecule has 1 rings (SSSR count). The van der Waals surface area contributed by atoms with Crippen molar-refractivity contribution in [2.75, 3.05) is 6.61 Å². The molecule has 0 aromatic heterocycles. The second-order valence-electron chi connectivity index (χ2n) is 2.41. The highest BCUT2D eigenvalue weighted by atomic mass is 16.5. The van der Waals surface area contributed by atoms with Gasteiger partial charge >= 0.3 is 0 Å². The highest BCUT2D eigenvalue weighted by Crippen LogP contribution is 2.14. The Hall–Kier alpha value is -0.120. The van der Waals surface area contributed by atoms with Crippen molar-refractivity contribution in [2.24, 2.45) is 5.73 Å². The normalized spacial score (nSPS) is 36.7. The Morgan fingerprint density at radius 2 is 2.33 bits per heavy atom. The molecule has 2 atom stereocenters. The molecule has 3 heteroatoms. The molecule has 0 bridgehead atoms. The predicted molar refractivity (Wildman–Crippen MR) is 33.8 cm³/mol.